The number of fused-ring (bicyclic) bond motifs is 1. The fourth-order valence-electron chi connectivity index (χ4n) is 3.74. The highest BCUT2D eigenvalue weighted by Gasteiger charge is 2.33. The van der Waals surface area contributed by atoms with Crippen LogP contribution in [0.4, 0.5) is 5.69 Å². The van der Waals surface area contributed by atoms with Crippen molar-refractivity contribution in [3.63, 3.8) is 0 Å². The first-order valence-corrected chi connectivity index (χ1v) is 11.1. The lowest BCUT2D eigenvalue weighted by atomic mass is 9.95. The maximum absolute atomic E-state index is 13.5. The molecule has 2 heterocycles. The second kappa shape index (κ2) is 8.95. The van der Waals surface area contributed by atoms with Gasteiger partial charge in [-0.05, 0) is 38.0 Å². The number of carbonyl (C=O) groups excluding carboxylic acids is 1. The van der Waals surface area contributed by atoms with Crippen LogP contribution in [-0.2, 0) is 9.53 Å². The Balaban J connectivity index is 1.94. The number of aryl methyl sites for hydroxylation is 1. The summed E-state index contributed by atoms with van der Waals surface area (Å²) in [6.07, 6.45) is 1.60. The molecule has 0 radical (unpaired) electrons. The average molecular weight is 464 g/mol. The largest absolute Gasteiger partial charge is 0.463 e. The highest BCUT2D eigenvalue weighted by molar-refractivity contribution is 7.07. The third-order valence-electron chi connectivity index (χ3n) is 5.29. The van der Waals surface area contributed by atoms with Crippen LogP contribution in [0.2, 0.25) is 0 Å². The van der Waals surface area contributed by atoms with Gasteiger partial charge < -0.3 is 4.74 Å². The van der Waals surface area contributed by atoms with Crippen molar-refractivity contribution >= 4 is 29.1 Å². The molecule has 168 valence electrons. The van der Waals surface area contributed by atoms with E-state index >= 15 is 0 Å². The number of allylic oxidation sites excluding steroid dienone is 1. The molecule has 1 aliphatic heterocycles. The summed E-state index contributed by atoms with van der Waals surface area (Å²) in [5.74, 6) is -0.516. The molecule has 1 aromatic heterocycles. The van der Waals surface area contributed by atoms with E-state index in [0.717, 1.165) is 11.1 Å². The second-order valence-electron chi connectivity index (χ2n) is 7.57. The van der Waals surface area contributed by atoms with E-state index in [2.05, 4.69) is 4.99 Å². The molecule has 33 heavy (non-hydrogen) atoms. The molecule has 0 aliphatic carbocycles. The van der Waals surface area contributed by atoms with Gasteiger partial charge in [-0.3, -0.25) is 19.5 Å². The molecular formula is C24H21N3O5S. The third-order valence-corrected chi connectivity index (χ3v) is 6.27. The lowest BCUT2D eigenvalue weighted by molar-refractivity contribution is -0.384. The molecule has 0 amide bonds. The number of rotatable bonds is 5. The van der Waals surface area contributed by atoms with Crippen molar-refractivity contribution in [3.8, 4) is 0 Å². The monoisotopic (exact) mass is 463 g/mol. The summed E-state index contributed by atoms with van der Waals surface area (Å²) < 4.78 is 7.14. The Morgan fingerprint density at radius 2 is 1.97 bits per heavy atom. The van der Waals surface area contributed by atoms with Crippen LogP contribution in [0.25, 0.3) is 6.08 Å². The van der Waals surface area contributed by atoms with Crippen LogP contribution < -0.4 is 14.9 Å². The van der Waals surface area contributed by atoms with E-state index in [-0.39, 0.29) is 17.9 Å². The summed E-state index contributed by atoms with van der Waals surface area (Å²) in [7, 11) is 0. The molecule has 8 nitrogen and oxygen atoms in total. The van der Waals surface area contributed by atoms with E-state index < -0.39 is 16.9 Å². The van der Waals surface area contributed by atoms with Gasteiger partial charge in [-0.2, -0.15) is 0 Å². The van der Waals surface area contributed by atoms with Crippen LogP contribution in [0.3, 0.4) is 0 Å². The number of nitro groups is 1. The summed E-state index contributed by atoms with van der Waals surface area (Å²) in [5.41, 5.74) is 2.76. The highest BCUT2D eigenvalue weighted by Crippen LogP contribution is 2.30. The number of aromatic nitrogens is 1. The number of ether oxygens (including phenoxy) is 1. The molecule has 1 aliphatic rings. The Labute approximate surface area is 192 Å². The minimum Gasteiger partial charge on any atom is -0.463 e. The fraction of sp³-hybridized carbons (Fsp3) is 0.208. The number of nitro benzene ring substituents is 1. The minimum absolute atomic E-state index is 0.0606. The van der Waals surface area contributed by atoms with Gasteiger partial charge in [-0.1, -0.05) is 53.3 Å². The zero-order valence-corrected chi connectivity index (χ0v) is 19.1. The van der Waals surface area contributed by atoms with Gasteiger partial charge in [0, 0.05) is 12.1 Å². The lowest BCUT2D eigenvalue weighted by Gasteiger charge is -2.24. The van der Waals surface area contributed by atoms with Gasteiger partial charge >= 0.3 is 5.97 Å². The maximum atomic E-state index is 13.5. The number of esters is 1. The van der Waals surface area contributed by atoms with Gasteiger partial charge in [0.05, 0.1) is 33.4 Å². The SMILES string of the molecule is CCOC(=O)C1=C(C)N=c2s/c(=C\c3cccc([N+](=O)[O-])c3)c(=O)n2[C@@H]1c1ccc(C)cc1. The topological polar surface area (TPSA) is 104 Å². The Kier molecular flexibility index (Phi) is 6.06. The van der Waals surface area contributed by atoms with Crippen molar-refractivity contribution in [2.45, 2.75) is 26.8 Å². The molecule has 0 spiro atoms. The summed E-state index contributed by atoms with van der Waals surface area (Å²) in [6.45, 7) is 5.61. The number of benzene rings is 2. The Hall–Kier alpha value is -3.85. The number of hydrogen-bond donors (Lipinski definition) is 0. The number of nitrogens with zero attached hydrogens (tertiary/aromatic N) is 3. The van der Waals surface area contributed by atoms with Gasteiger partial charge in [-0.15, -0.1) is 0 Å². The van der Waals surface area contributed by atoms with Crippen LogP contribution in [0.5, 0.6) is 0 Å². The van der Waals surface area contributed by atoms with Crippen LogP contribution in [-0.4, -0.2) is 22.1 Å². The molecular weight excluding hydrogens is 442 g/mol. The van der Waals surface area contributed by atoms with Crippen LogP contribution in [0.1, 0.15) is 36.6 Å². The van der Waals surface area contributed by atoms with Gasteiger partial charge in [0.1, 0.15) is 0 Å². The molecule has 0 fully saturated rings. The van der Waals surface area contributed by atoms with E-state index in [1.54, 1.807) is 32.1 Å². The van der Waals surface area contributed by atoms with Crippen molar-refractivity contribution in [2.24, 2.45) is 4.99 Å². The summed E-state index contributed by atoms with van der Waals surface area (Å²) in [5, 5.41) is 11.1. The summed E-state index contributed by atoms with van der Waals surface area (Å²) >= 11 is 1.18. The van der Waals surface area contributed by atoms with Crippen molar-refractivity contribution in [3.05, 3.63) is 106 Å². The van der Waals surface area contributed by atoms with Gasteiger partial charge in [0.2, 0.25) is 0 Å². The standard InChI is InChI=1S/C24H21N3O5S/c1-4-32-23(29)20-15(3)25-24-26(21(20)17-10-8-14(2)9-11-17)22(28)19(33-24)13-16-6-5-7-18(12-16)27(30)31/h5-13,21H,4H2,1-3H3/b19-13-/t21-/m1/s1. The van der Waals surface area contributed by atoms with Crippen LogP contribution >= 0.6 is 11.3 Å². The number of hydrogen-bond acceptors (Lipinski definition) is 7. The van der Waals surface area contributed by atoms with Crippen molar-refractivity contribution in [2.75, 3.05) is 6.61 Å². The summed E-state index contributed by atoms with van der Waals surface area (Å²) in [4.78, 5) is 42.0. The molecule has 3 aromatic rings. The average Bonchev–Trinajstić information content (AvgIpc) is 3.08. The van der Waals surface area contributed by atoms with Crippen molar-refractivity contribution in [1.29, 1.82) is 0 Å². The minimum atomic E-state index is -0.687. The molecule has 0 bridgehead atoms. The predicted molar refractivity (Wildman–Crippen MR) is 125 cm³/mol. The Bertz CT molecular complexity index is 1460. The maximum Gasteiger partial charge on any atom is 0.338 e. The zero-order valence-electron chi connectivity index (χ0n) is 18.3. The zero-order chi connectivity index (χ0) is 23.7. The molecule has 0 N–H and O–H groups in total. The summed E-state index contributed by atoms with van der Waals surface area (Å²) in [6, 6.07) is 13.0. The number of carbonyl (C=O) groups is 1. The van der Waals surface area contributed by atoms with Gasteiger partial charge in [-0.25, -0.2) is 9.79 Å². The van der Waals surface area contributed by atoms with E-state index in [1.165, 1.54) is 28.0 Å². The van der Waals surface area contributed by atoms with Crippen molar-refractivity contribution in [1.82, 2.24) is 4.57 Å². The van der Waals surface area contributed by atoms with Crippen LogP contribution in [0, 0.1) is 17.0 Å². The fourth-order valence-corrected chi connectivity index (χ4v) is 4.78. The predicted octanol–water partition coefficient (Wildman–Crippen LogP) is 3.01. The normalized spacial score (nSPS) is 15.7. The molecule has 0 saturated heterocycles. The number of thiazole rings is 1. The molecule has 4 rings (SSSR count). The lowest BCUT2D eigenvalue weighted by Crippen LogP contribution is -2.39. The molecule has 0 unspecified atom stereocenters. The first-order chi connectivity index (χ1) is 15.8. The van der Waals surface area contributed by atoms with E-state index in [9.17, 15) is 19.7 Å². The Morgan fingerprint density at radius 3 is 2.64 bits per heavy atom. The first kappa shape index (κ1) is 22.3. The molecule has 9 heteroatoms. The molecule has 1 atom stereocenters. The first-order valence-electron chi connectivity index (χ1n) is 10.3. The van der Waals surface area contributed by atoms with E-state index in [0.29, 0.717) is 26.2 Å². The van der Waals surface area contributed by atoms with Gasteiger partial charge in [0.15, 0.2) is 4.80 Å². The molecule has 2 aromatic carbocycles. The van der Waals surface area contributed by atoms with Gasteiger partial charge in [0.25, 0.3) is 11.2 Å². The van der Waals surface area contributed by atoms with E-state index in [4.69, 9.17) is 4.74 Å². The number of non-ortho nitro benzene ring substituents is 1. The van der Waals surface area contributed by atoms with Crippen molar-refractivity contribution < 1.29 is 14.5 Å². The molecule has 0 saturated carbocycles. The third kappa shape index (κ3) is 4.27. The Morgan fingerprint density at radius 1 is 1.24 bits per heavy atom. The smallest absolute Gasteiger partial charge is 0.338 e. The highest BCUT2D eigenvalue weighted by atomic mass is 32.1. The van der Waals surface area contributed by atoms with E-state index in [1.807, 2.05) is 31.2 Å². The van der Waals surface area contributed by atoms with Crippen LogP contribution in [0.15, 0.2) is 69.6 Å². The second-order valence-corrected chi connectivity index (χ2v) is 8.57. The quantitative estimate of drug-likeness (QED) is 0.329.